The second-order valence-corrected chi connectivity index (χ2v) is 5.36. The standard InChI is InChI=1S/C11H19N3S/c1-9(2)14-11(3-5-12-6-4-11)10-13-7-8-15-10/h7-9,12,14H,3-6H2,1-2H3. The van der Waals surface area contributed by atoms with Crippen LogP contribution in [0.15, 0.2) is 11.6 Å². The third kappa shape index (κ3) is 2.38. The van der Waals surface area contributed by atoms with E-state index in [1.807, 2.05) is 6.20 Å². The molecule has 1 aliphatic rings. The molecule has 1 aromatic rings. The Morgan fingerprint density at radius 3 is 2.73 bits per heavy atom. The van der Waals surface area contributed by atoms with Crippen molar-refractivity contribution in [3.05, 3.63) is 16.6 Å². The van der Waals surface area contributed by atoms with E-state index in [2.05, 4.69) is 34.8 Å². The van der Waals surface area contributed by atoms with E-state index in [1.54, 1.807) is 11.3 Å². The van der Waals surface area contributed by atoms with Crippen molar-refractivity contribution in [2.45, 2.75) is 38.3 Å². The third-order valence-electron chi connectivity index (χ3n) is 2.86. The van der Waals surface area contributed by atoms with Crippen LogP contribution in [-0.2, 0) is 5.54 Å². The van der Waals surface area contributed by atoms with E-state index in [9.17, 15) is 0 Å². The average molecular weight is 225 g/mol. The fourth-order valence-corrected chi connectivity index (χ4v) is 3.15. The van der Waals surface area contributed by atoms with Gasteiger partial charge in [0.1, 0.15) is 5.01 Å². The minimum absolute atomic E-state index is 0.119. The summed E-state index contributed by atoms with van der Waals surface area (Å²) < 4.78 is 0. The van der Waals surface area contributed by atoms with E-state index in [0.717, 1.165) is 25.9 Å². The predicted molar refractivity (Wildman–Crippen MR) is 64.2 cm³/mol. The summed E-state index contributed by atoms with van der Waals surface area (Å²) in [6, 6.07) is 0.506. The van der Waals surface area contributed by atoms with Gasteiger partial charge < -0.3 is 10.6 Å². The van der Waals surface area contributed by atoms with Crippen molar-refractivity contribution in [2.75, 3.05) is 13.1 Å². The number of hydrogen-bond acceptors (Lipinski definition) is 4. The molecular formula is C11H19N3S. The lowest BCUT2D eigenvalue weighted by molar-refractivity contribution is 0.228. The third-order valence-corrected chi connectivity index (χ3v) is 3.84. The number of thiazole rings is 1. The molecule has 0 radical (unpaired) electrons. The van der Waals surface area contributed by atoms with Gasteiger partial charge >= 0.3 is 0 Å². The lowest BCUT2D eigenvalue weighted by Gasteiger charge is -2.38. The fraction of sp³-hybridized carbons (Fsp3) is 0.727. The Kier molecular flexibility index (Phi) is 3.38. The molecule has 1 saturated heterocycles. The van der Waals surface area contributed by atoms with Gasteiger partial charge in [0.2, 0.25) is 0 Å². The average Bonchev–Trinajstić information content (AvgIpc) is 2.71. The molecule has 2 heterocycles. The zero-order valence-corrected chi connectivity index (χ0v) is 10.2. The molecule has 84 valence electrons. The molecule has 1 fully saturated rings. The molecule has 3 nitrogen and oxygen atoms in total. The molecule has 0 spiro atoms. The first kappa shape index (κ1) is 11.0. The van der Waals surface area contributed by atoms with Crippen LogP contribution in [0, 0.1) is 0 Å². The largest absolute Gasteiger partial charge is 0.317 e. The summed E-state index contributed by atoms with van der Waals surface area (Å²) in [5, 5.41) is 10.4. The monoisotopic (exact) mass is 225 g/mol. The van der Waals surface area contributed by atoms with Gasteiger partial charge in [-0.3, -0.25) is 0 Å². The highest BCUT2D eigenvalue weighted by Gasteiger charge is 2.36. The number of rotatable bonds is 3. The summed E-state index contributed by atoms with van der Waals surface area (Å²) in [5.74, 6) is 0. The lowest BCUT2D eigenvalue weighted by Crippen LogP contribution is -2.52. The van der Waals surface area contributed by atoms with Crippen LogP contribution in [-0.4, -0.2) is 24.1 Å². The van der Waals surface area contributed by atoms with Gasteiger partial charge in [0.05, 0.1) is 5.54 Å². The van der Waals surface area contributed by atoms with Gasteiger partial charge in [-0.15, -0.1) is 11.3 Å². The van der Waals surface area contributed by atoms with Crippen molar-refractivity contribution in [1.29, 1.82) is 0 Å². The summed E-state index contributed by atoms with van der Waals surface area (Å²) in [6.45, 7) is 6.58. The molecule has 2 rings (SSSR count). The van der Waals surface area contributed by atoms with Crippen molar-refractivity contribution in [3.63, 3.8) is 0 Å². The molecular weight excluding hydrogens is 206 g/mol. The van der Waals surface area contributed by atoms with Gasteiger partial charge in [0.15, 0.2) is 0 Å². The highest BCUT2D eigenvalue weighted by molar-refractivity contribution is 7.09. The maximum absolute atomic E-state index is 4.49. The van der Waals surface area contributed by atoms with Crippen LogP contribution in [0.3, 0.4) is 0 Å². The Hall–Kier alpha value is -0.450. The highest BCUT2D eigenvalue weighted by Crippen LogP contribution is 2.32. The first-order valence-electron chi connectivity index (χ1n) is 5.61. The Balaban J connectivity index is 2.21. The second-order valence-electron chi connectivity index (χ2n) is 4.47. The molecule has 0 atom stereocenters. The van der Waals surface area contributed by atoms with E-state index in [1.165, 1.54) is 5.01 Å². The Labute approximate surface area is 95.3 Å². The highest BCUT2D eigenvalue weighted by atomic mass is 32.1. The van der Waals surface area contributed by atoms with Crippen molar-refractivity contribution >= 4 is 11.3 Å². The van der Waals surface area contributed by atoms with Crippen LogP contribution in [0.25, 0.3) is 0 Å². The van der Waals surface area contributed by atoms with E-state index >= 15 is 0 Å². The normalized spacial score (nSPS) is 20.7. The SMILES string of the molecule is CC(C)NC1(c2nccs2)CCNCC1. The van der Waals surface area contributed by atoms with Crippen LogP contribution < -0.4 is 10.6 Å². The first-order chi connectivity index (χ1) is 7.23. The van der Waals surface area contributed by atoms with E-state index in [-0.39, 0.29) is 5.54 Å². The van der Waals surface area contributed by atoms with Crippen LogP contribution in [0.4, 0.5) is 0 Å². The van der Waals surface area contributed by atoms with Crippen LogP contribution in [0.1, 0.15) is 31.7 Å². The molecule has 0 unspecified atom stereocenters. The molecule has 1 aliphatic heterocycles. The summed E-state index contributed by atoms with van der Waals surface area (Å²) in [4.78, 5) is 4.49. The topological polar surface area (TPSA) is 37.0 Å². The fourth-order valence-electron chi connectivity index (χ4n) is 2.29. The van der Waals surface area contributed by atoms with Gasteiger partial charge in [-0.2, -0.15) is 0 Å². The lowest BCUT2D eigenvalue weighted by atomic mass is 9.88. The van der Waals surface area contributed by atoms with Crippen LogP contribution in [0.2, 0.25) is 0 Å². The van der Waals surface area contributed by atoms with Crippen LogP contribution in [0.5, 0.6) is 0 Å². The van der Waals surface area contributed by atoms with E-state index < -0.39 is 0 Å². The number of piperidine rings is 1. The summed E-state index contributed by atoms with van der Waals surface area (Å²) in [6.07, 6.45) is 4.18. The van der Waals surface area contributed by atoms with Crippen molar-refractivity contribution < 1.29 is 0 Å². The number of aromatic nitrogens is 1. The molecule has 0 aliphatic carbocycles. The molecule has 4 heteroatoms. The zero-order chi connectivity index (χ0) is 10.7. The quantitative estimate of drug-likeness (QED) is 0.822. The van der Waals surface area contributed by atoms with Gasteiger partial charge in [-0.05, 0) is 39.8 Å². The minimum atomic E-state index is 0.119. The summed E-state index contributed by atoms with van der Waals surface area (Å²) >= 11 is 1.77. The van der Waals surface area contributed by atoms with Gasteiger partial charge in [-0.25, -0.2) is 4.98 Å². The van der Waals surface area contributed by atoms with E-state index in [4.69, 9.17) is 0 Å². The van der Waals surface area contributed by atoms with Gasteiger partial charge in [0, 0.05) is 17.6 Å². The Bertz CT molecular complexity index is 289. The number of nitrogens with one attached hydrogen (secondary N) is 2. The molecule has 2 N–H and O–H groups in total. The Morgan fingerprint density at radius 1 is 1.47 bits per heavy atom. The predicted octanol–water partition coefficient (Wildman–Crippen LogP) is 1.72. The van der Waals surface area contributed by atoms with Crippen molar-refractivity contribution in [3.8, 4) is 0 Å². The van der Waals surface area contributed by atoms with Gasteiger partial charge in [0.25, 0.3) is 0 Å². The maximum atomic E-state index is 4.49. The van der Waals surface area contributed by atoms with E-state index in [0.29, 0.717) is 6.04 Å². The molecule has 0 amide bonds. The van der Waals surface area contributed by atoms with Crippen molar-refractivity contribution in [2.24, 2.45) is 0 Å². The zero-order valence-electron chi connectivity index (χ0n) is 9.42. The summed E-state index contributed by atoms with van der Waals surface area (Å²) in [5.41, 5.74) is 0.119. The molecule has 0 bridgehead atoms. The number of nitrogens with zero attached hydrogens (tertiary/aromatic N) is 1. The maximum Gasteiger partial charge on any atom is 0.113 e. The molecule has 0 saturated carbocycles. The minimum Gasteiger partial charge on any atom is -0.317 e. The first-order valence-corrected chi connectivity index (χ1v) is 6.49. The van der Waals surface area contributed by atoms with Crippen LogP contribution >= 0.6 is 11.3 Å². The number of hydrogen-bond donors (Lipinski definition) is 2. The molecule has 1 aromatic heterocycles. The second kappa shape index (κ2) is 4.60. The molecule has 0 aromatic carbocycles. The van der Waals surface area contributed by atoms with Gasteiger partial charge in [-0.1, -0.05) is 0 Å². The molecule has 15 heavy (non-hydrogen) atoms. The summed E-state index contributed by atoms with van der Waals surface area (Å²) in [7, 11) is 0. The smallest absolute Gasteiger partial charge is 0.113 e. The Morgan fingerprint density at radius 2 is 2.20 bits per heavy atom. The van der Waals surface area contributed by atoms with Crippen molar-refractivity contribution in [1.82, 2.24) is 15.6 Å².